The number of fused-ring (bicyclic) bond motifs is 1. The second-order valence-electron chi connectivity index (χ2n) is 8.11. The number of rotatable bonds is 6. The number of pyridine rings is 1. The molecule has 33 heavy (non-hydrogen) atoms. The molecule has 7 heteroatoms. The number of carbonyl (C=O) groups excluding carboxylic acids is 1. The van der Waals surface area contributed by atoms with Crippen molar-refractivity contribution in [2.45, 2.75) is 6.42 Å². The van der Waals surface area contributed by atoms with Crippen LogP contribution in [0.25, 0.3) is 10.8 Å². The Labute approximate surface area is 202 Å². The van der Waals surface area contributed by atoms with E-state index in [-0.39, 0.29) is 5.91 Å². The van der Waals surface area contributed by atoms with Gasteiger partial charge in [-0.25, -0.2) is 4.98 Å². The van der Waals surface area contributed by atoms with E-state index in [1.165, 1.54) is 10.6 Å². The summed E-state index contributed by atoms with van der Waals surface area (Å²) >= 11 is 7.75. The number of amides is 1. The van der Waals surface area contributed by atoms with Crippen LogP contribution < -0.4 is 15.1 Å². The molecule has 1 amide bonds. The number of hydrogen-bond acceptors (Lipinski definition) is 5. The van der Waals surface area contributed by atoms with Crippen LogP contribution in [-0.2, 0) is 6.42 Å². The zero-order valence-electron chi connectivity index (χ0n) is 18.2. The predicted octanol–water partition coefficient (Wildman–Crippen LogP) is 5.25. The normalized spacial score (nSPS) is 14.0. The summed E-state index contributed by atoms with van der Waals surface area (Å²) in [7, 11) is 0. The molecule has 0 unspecified atom stereocenters. The average molecular weight is 477 g/mol. The average Bonchev–Trinajstić information content (AvgIpc) is 3.37. The summed E-state index contributed by atoms with van der Waals surface area (Å²) in [6, 6.07) is 20.0. The van der Waals surface area contributed by atoms with Crippen LogP contribution in [0.1, 0.15) is 15.2 Å². The second kappa shape index (κ2) is 9.81. The Hall–Kier alpha value is -3.09. The van der Waals surface area contributed by atoms with E-state index >= 15 is 0 Å². The van der Waals surface area contributed by atoms with Gasteiger partial charge in [0, 0.05) is 65.5 Å². The molecule has 4 aromatic rings. The first-order chi connectivity index (χ1) is 16.2. The Balaban J connectivity index is 1.29. The van der Waals surface area contributed by atoms with Gasteiger partial charge in [0.1, 0.15) is 5.82 Å². The van der Waals surface area contributed by atoms with Crippen LogP contribution in [0.5, 0.6) is 0 Å². The molecule has 5 rings (SSSR count). The fraction of sp³-hybridized carbons (Fsp3) is 0.231. The van der Waals surface area contributed by atoms with Crippen molar-refractivity contribution in [3.63, 3.8) is 0 Å². The first kappa shape index (κ1) is 21.7. The maximum Gasteiger partial charge on any atom is 0.251 e. The Morgan fingerprint density at radius 2 is 1.79 bits per heavy atom. The molecule has 0 atom stereocenters. The summed E-state index contributed by atoms with van der Waals surface area (Å²) in [6.07, 6.45) is 2.70. The van der Waals surface area contributed by atoms with Crippen LogP contribution in [0.15, 0.2) is 72.2 Å². The van der Waals surface area contributed by atoms with Crippen molar-refractivity contribution in [3.05, 3.63) is 87.7 Å². The smallest absolute Gasteiger partial charge is 0.251 e. The molecule has 1 fully saturated rings. The second-order valence-corrected chi connectivity index (χ2v) is 9.57. The van der Waals surface area contributed by atoms with Gasteiger partial charge in [0.25, 0.3) is 5.91 Å². The first-order valence-corrected chi connectivity index (χ1v) is 12.4. The highest BCUT2D eigenvalue weighted by molar-refractivity contribution is 7.09. The number of nitrogens with zero attached hydrogens (tertiary/aromatic N) is 3. The molecule has 1 N–H and O–H groups in total. The van der Waals surface area contributed by atoms with Gasteiger partial charge in [-0.15, -0.1) is 11.3 Å². The Morgan fingerprint density at radius 3 is 2.55 bits per heavy atom. The first-order valence-electron chi connectivity index (χ1n) is 11.1. The number of piperazine rings is 1. The van der Waals surface area contributed by atoms with Crippen LogP contribution in [0, 0.1) is 0 Å². The lowest BCUT2D eigenvalue weighted by Crippen LogP contribution is -2.46. The minimum atomic E-state index is -0.0455. The standard InChI is InChI=1S/C26H25ClN4OS/c27-21-5-7-22(8-6-21)30-13-15-31(16-14-30)25-24-18-20(4-3-19(24)9-11-28-25)26(32)29-12-10-23-2-1-17-33-23/h1-9,11,17-18H,10,12-16H2,(H,29,32). The number of carbonyl (C=O) groups is 1. The monoisotopic (exact) mass is 476 g/mol. The van der Waals surface area contributed by atoms with Crippen LogP contribution in [0.3, 0.4) is 0 Å². The van der Waals surface area contributed by atoms with Crippen molar-refractivity contribution in [2.24, 2.45) is 0 Å². The molecule has 2 aromatic carbocycles. The van der Waals surface area contributed by atoms with Crippen LogP contribution in [0.2, 0.25) is 5.02 Å². The predicted molar refractivity (Wildman–Crippen MR) is 138 cm³/mol. The zero-order chi connectivity index (χ0) is 22.6. The van der Waals surface area contributed by atoms with Crippen molar-refractivity contribution in [3.8, 4) is 0 Å². The number of thiophene rings is 1. The van der Waals surface area contributed by atoms with Crippen molar-refractivity contribution >= 4 is 51.1 Å². The largest absolute Gasteiger partial charge is 0.368 e. The van der Waals surface area contributed by atoms with Crippen molar-refractivity contribution in [1.82, 2.24) is 10.3 Å². The molecule has 1 saturated heterocycles. The summed E-state index contributed by atoms with van der Waals surface area (Å²) in [5.41, 5.74) is 1.86. The molecular formula is C26H25ClN4OS. The Morgan fingerprint density at radius 1 is 1.00 bits per heavy atom. The quantitative estimate of drug-likeness (QED) is 0.413. The Kier molecular flexibility index (Phi) is 6.46. The number of benzene rings is 2. The molecule has 0 aliphatic carbocycles. The molecule has 168 valence electrons. The van der Waals surface area contributed by atoms with Gasteiger partial charge in [-0.1, -0.05) is 23.7 Å². The highest BCUT2D eigenvalue weighted by Gasteiger charge is 2.20. The molecule has 1 aliphatic heterocycles. The number of halogens is 1. The summed E-state index contributed by atoms with van der Waals surface area (Å²) in [5, 5.41) is 7.97. The summed E-state index contributed by atoms with van der Waals surface area (Å²) in [6.45, 7) is 4.17. The molecule has 2 aromatic heterocycles. The molecule has 0 bridgehead atoms. The molecule has 0 spiro atoms. The summed E-state index contributed by atoms with van der Waals surface area (Å²) < 4.78 is 0. The maximum atomic E-state index is 12.8. The van der Waals surface area contributed by atoms with E-state index in [9.17, 15) is 4.79 Å². The van der Waals surface area contributed by atoms with Crippen molar-refractivity contribution in [2.75, 3.05) is 42.5 Å². The van der Waals surface area contributed by atoms with Gasteiger partial charge < -0.3 is 15.1 Å². The third kappa shape index (κ3) is 4.97. The van der Waals surface area contributed by atoms with E-state index in [1.807, 2.05) is 48.7 Å². The van der Waals surface area contributed by atoms with Gasteiger partial charge in [0.2, 0.25) is 0 Å². The van der Waals surface area contributed by atoms with Crippen LogP contribution in [0.4, 0.5) is 11.5 Å². The maximum absolute atomic E-state index is 12.8. The van der Waals surface area contributed by atoms with E-state index < -0.39 is 0 Å². The fourth-order valence-corrected chi connectivity index (χ4v) is 5.07. The number of hydrogen-bond donors (Lipinski definition) is 1. The minimum Gasteiger partial charge on any atom is -0.368 e. The number of aromatic nitrogens is 1. The highest BCUT2D eigenvalue weighted by atomic mass is 35.5. The molecule has 5 nitrogen and oxygen atoms in total. The summed E-state index contributed by atoms with van der Waals surface area (Å²) in [5.74, 6) is 0.896. The third-order valence-electron chi connectivity index (χ3n) is 6.02. The molecule has 3 heterocycles. The van der Waals surface area contributed by atoms with E-state index in [1.54, 1.807) is 11.3 Å². The number of anilines is 2. The van der Waals surface area contributed by atoms with Gasteiger partial charge in [-0.3, -0.25) is 4.79 Å². The van der Waals surface area contributed by atoms with Crippen LogP contribution in [-0.4, -0.2) is 43.6 Å². The number of nitrogens with one attached hydrogen (secondary N) is 1. The SMILES string of the molecule is O=C(NCCc1cccs1)c1ccc2ccnc(N3CCN(c4ccc(Cl)cc4)CC3)c2c1. The van der Waals surface area contributed by atoms with E-state index in [0.717, 1.165) is 54.2 Å². The van der Waals surface area contributed by atoms with E-state index in [2.05, 4.69) is 38.7 Å². The lowest BCUT2D eigenvalue weighted by atomic mass is 10.1. The summed E-state index contributed by atoms with van der Waals surface area (Å²) in [4.78, 5) is 23.4. The van der Waals surface area contributed by atoms with Gasteiger partial charge in [0.15, 0.2) is 0 Å². The fourth-order valence-electron chi connectivity index (χ4n) is 4.23. The van der Waals surface area contributed by atoms with Gasteiger partial charge >= 0.3 is 0 Å². The topological polar surface area (TPSA) is 48.5 Å². The molecule has 0 saturated carbocycles. The van der Waals surface area contributed by atoms with Gasteiger partial charge in [0.05, 0.1) is 0 Å². The highest BCUT2D eigenvalue weighted by Crippen LogP contribution is 2.28. The van der Waals surface area contributed by atoms with Crippen molar-refractivity contribution in [1.29, 1.82) is 0 Å². The molecule has 1 aliphatic rings. The minimum absolute atomic E-state index is 0.0455. The van der Waals surface area contributed by atoms with Gasteiger partial charge in [-0.05, 0) is 65.7 Å². The van der Waals surface area contributed by atoms with E-state index in [4.69, 9.17) is 16.6 Å². The Bertz CT molecular complexity index is 1240. The van der Waals surface area contributed by atoms with Crippen LogP contribution >= 0.6 is 22.9 Å². The van der Waals surface area contributed by atoms with E-state index in [0.29, 0.717) is 12.1 Å². The molecule has 0 radical (unpaired) electrons. The third-order valence-corrected chi connectivity index (χ3v) is 7.20. The lowest BCUT2D eigenvalue weighted by Gasteiger charge is -2.37. The zero-order valence-corrected chi connectivity index (χ0v) is 19.8. The van der Waals surface area contributed by atoms with Gasteiger partial charge in [-0.2, -0.15) is 0 Å². The lowest BCUT2D eigenvalue weighted by molar-refractivity contribution is 0.0954. The van der Waals surface area contributed by atoms with Crippen molar-refractivity contribution < 1.29 is 4.79 Å². The molecular weight excluding hydrogens is 452 g/mol.